The summed E-state index contributed by atoms with van der Waals surface area (Å²) < 4.78 is 48.4. The number of hydrogen-bond acceptors (Lipinski definition) is 6. The third-order valence-corrected chi connectivity index (χ3v) is 9.58. The third kappa shape index (κ3) is 5.20. The van der Waals surface area contributed by atoms with Crippen LogP contribution in [0.1, 0.15) is 59.3 Å². The number of sulfone groups is 1. The molecular weight excluding hydrogens is 606 g/mol. The van der Waals surface area contributed by atoms with Crippen LogP contribution in [0.5, 0.6) is 0 Å². The van der Waals surface area contributed by atoms with E-state index < -0.39 is 44.2 Å². The number of hydrogen-bond donors (Lipinski definition) is 2. The van der Waals surface area contributed by atoms with Crippen molar-refractivity contribution in [3.8, 4) is 0 Å². The molecule has 8 nitrogen and oxygen atoms in total. The molecule has 42 heavy (non-hydrogen) atoms. The van der Waals surface area contributed by atoms with Crippen molar-refractivity contribution in [3.05, 3.63) is 98.3 Å². The first kappa shape index (κ1) is 30.4. The second-order valence-electron chi connectivity index (χ2n) is 11.4. The van der Waals surface area contributed by atoms with E-state index in [-0.39, 0.29) is 45.3 Å². The Balaban J connectivity index is 1.79. The summed E-state index contributed by atoms with van der Waals surface area (Å²) in [7, 11) is -3.81. The van der Waals surface area contributed by atoms with Crippen LogP contribution in [-0.4, -0.2) is 43.1 Å². The van der Waals surface area contributed by atoms with E-state index in [1.165, 1.54) is 43.0 Å². The zero-order valence-electron chi connectivity index (χ0n) is 23.1. The molecule has 0 aromatic heterocycles. The molecule has 0 bridgehead atoms. The van der Waals surface area contributed by atoms with Crippen LogP contribution >= 0.6 is 23.2 Å². The number of carbonyl (C=O) groups excluding carboxylic acids is 2. The lowest BCUT2D eigenvalue weighted by molar-refractivity contribution is -0.142. The number of amides is 2. The van der Waals surface area contributed by atoms with Crippen molar-refractivity contribution < 1.29 is 32.2 Å². The summed E-state index contributed by atoms with van der Waals surface area (Å²) in [6, 6.07) is 13.0. The predicted octanol–water partition coefficient (Wildman–Crippen LogP) is 4.90. The molecule has 1 fully saturated rings. The normalized spacial score (nSPS) is 19.6. The van der Waals surface area contributed by atoms with E-state index in [2.05, 4.69) is 0 Å². The predicted molar refractivity (Wildman–Crippen MR) is 155 cm³/mol. The average molecular weight is 636 g/mol. The van der Waals surface area contributed by atoms with E-state index in [4.69, 9.17) is 33.7 Å². The fraction of sp³-hybridized carbons (Fsp3) is 0.333. The summed E-state index contributed by atoms with van der Waals surface area (Å²) in [4.78, 5) is 27.7. The lowest BCUT2D eigenvalue weighted by atomic mass is 9.88. The molecule has 3 aromatic carbocycles. The van der Waals surface area contributed by atoms with Gasteiger partial charge < -0.3 is 15.6 Å². The van der Waals surface area contributed by atoms with Gasteiger partial charge in [0.25, 0.3) is 5.91 Å². The van der Waals surface area contributed by atoms with Crippen molar-refractivity contribution in [1.82, 2.24) is 4.90 Å². The highest BCUT2D eigenvalue weighted by Gasteiger charge is 2.58. The maximum absolute atomic E-state index is 16.3. The smallest absolute Gasteiger partial charge is 0.257 e. The van der Waals surface area contributed by atoms with Crippen LogP contribution in [0.25, 0.3) is 0 Å². The maximum atomic E-state index is 16.3. The maximum Gasteiger partial charge on any atom is 0.257 e. The molecule has 3 N–H and O–H groups in total. The van der Waals surface area contributed by atoms with Gasteiger partial charge in [0.05, 0.1) is 40.2 Å². The van der Waals surface area contributed by atoms with E-state index in [9.17, 15) is 23.1 Å². The molecule has 1 aliphatic heterocycles. The van der Waals surface area contributed by atoms with Gasteiger partial charge in [0, 0.05) is 21.9 Å². The van der Waals surface area contributed by atoms with Gasteiger partial charge in [-0.15, -0.1) is 0 Å². The van der Waals surface area contributed by atoms with Crippen LogP contribution in [0.3, 0.4) is 0 Å². The Morgan fingerprint density at radius 2 is 1.71 bits per heavy atom. The van der Waals surface area contributed by atoms with E-state index in [0.29, 0.717) is 23.4 Å². The molecule has 12 heteroatoms. The minimum absolute atomic E-state index is 0.0825. The number of nitrogens with two attached hydrogens (primary N) is 1. The molecule has 0 unspecified atom stereocenters. The Hall–Kier alpha value is -3.02. The molecule has 222 valence electrons. The first-order chi connectivity index (χ1) is 19.5. The number of benzene rings is 3. The highest BCUT2D eigenvalue weighted by atomic mass is 35.5. The largest absolute Gasteiger partial charge is 0.386 e. The minimum Gasteiger partial charge on any atom is -0.386 e. The summed E-state index contributed by atoms with van der Waals surface area (Å²) in [5.41, 5.74) is 1.68. The summed E-state index contributed by atoms with van der Waals surface area (Å²) in [6.45, 7) is 2.35. The average Bonchev–Trinajstić information content (AvgIpc) is 3.65. The zero-order valence-corrected chi connectivity index (χ0v) is 25.4. The van der Waals surface area contributed by atoms with E-state index in [1.807, 2.05) is 0 Å². The lowest BCUT2D eigenvalue weighted by Crippen LogP contribution is -2.48. The summed E-state index contributed by atoms with van der Waals surface area (Å²) in [5.74, 6) is -2.10. The van der Waals surface area contributed by atoms with Crippen molar-refractivity contribution in [2.45, 2.75) is 49.5 Å². The van der Waals surface area contributed by atoms with Crippen LogP contribution < -0.4 is 5.73 Å². The molecule has 3 aromatic rings. The number of fused-ring (bicyclic) bond motifs is 1. The monoisotopic (exact) mass is 634 g/mol. The molecule has 0 spiro atoms. The third-order valence-electron chi connectivity index (χ3n) is 7.92. The van der Waals surface area contributed by atoms with Gasteiger partial charge in [-0.1, -0.05) is 41.4 Å². The van der Waals surface area contributed by atoms with Crippen molar-refractivity contribution >= 4 is 44.9 Å². The lowest BCUT2D eigenvalue weighted by Gasteiger charge is -2.40. The second-order valence-corrected chi connectivity index (χ2v) is 14.3. The van der Waals surface area contributed by atoms with Crippen LogP contribution in [0.15, 0.2) is 59.5 Å². The molecule has 1 atom stereocenters. The number of rotatable bonds is 9. The van der Waals surface area contributed by atoms with Crippen LogP contribution in [-0.2, 0) is 37.2 Å². The van der Waals surface area contributed by atoms with Crippen LogP contribution in [0.4, 0.5) is 4.39 Å². The Morgan fingerprint density at radius 3 is 2.26 bits per heavy atom. The van der Waals surface area contributed by atoms with Gasteiger partial charge in [-0.25, -0.2) is 12.8 Å². The molecular formula is C30H29Cl2FN2O6S. The second kappa shape index (κ2) is 10.3. The topological polar surface area (TPSA) is 127 Å². The molecule has 1 aliphatic carbocycles. The molecule has 1 heterocycles. The first-order valence-corrected chi connectivity index (χ1v) is 15.7. The SMILES string of the molecule is CC(C)(O)c1cc(F)c2c(c1)C(=O)N(Cc1ccc(Cl)cc1S(C)(=O)=O)[C@@]2(OCC1(C(N)=O)CC1)c1ccc(Cl)cc1. The van der Waals surface area contributed by atoms with Crippen molar-refractivity contribution in [2.75, 3.05) is 12.9 Å². The molecule has 0 saturated heterocycles. The van der Waals surface area contributed by atoms with Crippen molar-refractivity contribution in [2.24, 2.45) is 11.1 Å². The van der Waals surface area contributed by atoms with Gasteiger partial charge in [-0.2, -0.15) is 0 Å². The first-order valence-electron chi connectivity index (χ1n) is 13.1. The van der Waals surface area contributed by atoms with Crippen LogP contribution in [0.2, 0.25) is 10.0 Å². The van der Waals surface area contributed by atoms with Crippen molar-refractivity contribution in [1.29, 1.82) is 0 Å². The zero-order chi connectivity index (χ0) is 30.8. The number of nitrogens with zero attached hydrogens (tertiary/aromatic N) is 1. The van der Waals surface area contributed by atoms with Gasteiger partial charge in [0.15, 0.2) is 15.6 Å². The minimum atomic E-state index is -3.81. The number of ether oxygens (including phenoxy) is 1. The van der Waals surface area contributed by atoms with E-state index in [0.717, 1.165) is 12.3 Å². The van der Waals surface area contributed by atoms with E-state index in [1.54, 1.807) is 24.3 Å². The Kier molecular flexibility index (Phi) is 7.47. The molecule has 0 radical (unpaired) electrons. The highest BCUT2D eigenvalue weighted by molar-refractivity contribution is 7.90. The molecule has 5 rings (SSSR count). The Bertz CT molecular complexity index is 1720. The number of halogens is 3. The summed E-state index contributed by atoms with van der Waals surface area (Å²) >= 11 is 12.3. The van der Waals surface area contributed by atoms with Crippen molar-refractivity contribution in [3.63, 3.8) is 0 Å². The van der Waals surface area contributed by atoms with E-state index >= 15 is 4.39 Å². The quantitative estimate of drug-likeness (QED) is 0.345. The standard InChI is InChI=1S/C30H29Cl2FN2O6S/c1-28(2,38)19-12-22-25(23(33)13-19)30(18-5-8-20(31)9-6-18,41-16-29(10-11-29)27(34)37)35(26(22)36)15-17-4-7-21(32)14-24(17)42(3,39)40/h4-9,12-14,38H,10-11,15-16H2,1-3H3,(H2,34,37)/t30-/m1/s1. The fourth-order valence-corrected chi connectivity index (χ4v) is 6.63. The number of primary amides is 1. The van der Waals surface area contributed by atoms with Gasteiger partial charge in [-0.3, -0.25) is 14.5 Å². The van der Waals surface area contributed by atoms with Gasteiger partial charge in [0.1, 0.15) is 5.82 Å². The summed E-state index contributed by atoms with van der Waals surface area (Å²) in [5, 5.41) is 11.2. The molecule has 2 aliphatic rings. The number of carbonyl (C=O) groups is 2. The van der Waals surface area contributed by atoms with Gasteiger partial charge in [-0.05, 0) is 74.2 Å². The molecule has 1 saturated carbocycles. The van der Waals surface area contributed by atoms with Crippen LogP contribution in [0, 0.1) is 11.2 Å². The van der Waals surface area contributed by atoms with Gasteiger partial charge >= 0.3 is 0 Å². The number of aliphatic hydroxyl groups is 1. The Labute approximate surface area is 253 Å². The summed E-state index contributed by atoms with van der Waals surface area (Å²) in [6.07, 6.45) is 1.93. The fourth-order valence-electron chi connectivity index (χ4n) is 5.32. The molecule has 2 amide bonds. The Morgan fingerprint density at radius 1 is 1.10 bits per heavy atom. The van der Waals surface area contributed by atoms with Gasteiger partial charge in [0.2, 0.25) is 5.91 Å². The highest BCUT2D eigenvalue weighted by Crippen LogP contribution is 2.52.